The zero-order valence-corrected chi connectivity index (χ0v) is 13.3. The van der Waals surface area contributed by atoms with Gasteiger partial charge >= 0.3 is 0 Å². The monoisotopic (exact) mass is 330 g/mol. The Kier molecular flexibility index (Phi) is 4.64. The number of para-hydroxylation sites is 1. The molecular formula is C17H15FN2O2S. The van der Waals surface area contributed by atoms with Crippen LogP contribution in [0, 0.1) is 5.82 Å². The first-order valence-corrected chi connectivity index (χ1v) is 7.93. The maximum Gasteiger partial charge on any atom is 0.282 e. The topological polar surface area (TPSA) is 43.6 Å². The van der Waals surface area contributed by atoms with E-state index < -0.39 is 11.7 Å². The summed E-state index contributed by atoms with van der Waals surface area (Å²) in [4.78, 5) is 17.0. The Hall–Kier alpha value is -2.31. The molecule has 0 fully saturated rings. The molecule has 0 spiro atoms. The molecule has 0 unspecified atom stereocenters. The lowest BCUT2D eigenvalue weighted by molar-refractivity contribution is 0.0993. The van der Waals surface area contributed by atoms with E-state index in [2.05, 4.69) is 4.99 Å². The highest BCUT2D eigenvalue weighted by Crippen LogP contribution is 2.17. The third kappa shape index (κ3) is 3.23. The summed E-state index contributed by atoms with van der Waals surface area (Å²) in [6.07, 6.45) is 0. The largest absolute Gasteiger partial charge is 0.383 e. The second-order valence-corrected chi connectivity index (χ2v) is 5.90. The first kappa shape index (κ1) is 15.6. The zero-order valence-electron chi connectivity index (χ0n) is 12.5. The van der Waals surface area contributed by atoms with Crippen LogP contribution in [0.2, 0.25) is 0 Å². The normalized spacial score (nSPS) is 12.0. The van der Waals surface area contributed by atoms with Crippen molar-refractivity contribution in [2.24, 2.45) is 4.99 Å². The van der Waals surface area contributed by atoms with Crippen molar-refractivity contribution in [3.05, 3.63) is 64.7 Å². The molecule has 3 aromatic rings. The number of amides is 1. The molecule has 6 heteroatoms. The standard InChI is InChI=1S/C17H15FN2O2S/c1-22-11-10-20-14-8-4-5-9-15(14)23-17(20)19-16(21)12-6-2-3-7-13(12)18/h2-9H,10-11H2,1H3. The first-order chi connectivity index (χ1) is 11.2. The molecule has 3 rings (SSSR count). The summed E-state index contributed by atoms with van der Waals surface area (Å²) in [6, 6.07) is 13.7. The maximum absolute atomic E-state index is 13.7. The second kappa shape index (κ2) is 6.85. The van der Waals surface area contributed by atoms with E-state index in [9.17, 15) is 9.18 Å². The van der Waals surface area contributed by atoms with Crippen LogP contribution in [0.1, 0.15) is 10.4 Å². The van der Waals surface area contributed by atoms with Crippen molar-refractivity contribution in [2.75, 3.05) is 13.7 Å². The Labute approximate surface area is 136 Å². The van der Waals surface area contributed by atoms with Crippen molar-refractivity contribution in [1.82, 2.24) is 4.57 Å². The number of nitrogens with zero attached hydrogens (tertiary/aromatic N) is 2. The molecule has 0 saturated heterocycles. The Morgan fingerprint density at radius 2 is 1.96 bits per heavy atom. The molecule has 0 aliphatic rings. The fraction of sp³-hybridized carbons (Fsp3) is 0.176. The third-order valence-corrected chi connectivity index (χ3v) is 4.47. The Bertz CT molecular complexity index is 914. The minimum absolute atomic E-state index is 0.0248. The van der Waals surface area contributed by atoms with Gasteiger partial charge in [0.25, 0.3) is 5.91 Å². The number of carbonyl (C=O) groups is 1. The van der Waals surface area contributed by atoms with Crippen LogP contribution in [0.15, 0.2) is 53.5 Å². The van der Waals surface area contributed by atoms with Crippen LogP contribution in [-0.2, 0) is 11.3 Å². The molecule has 0 radical (unpaired) electrons. The molecule has 0 N–H and O–H groups in total. The summed E-state index contributed by atoms with van der Waals surface area (Å²) >= 11 is 1.40. The first-order valence-electron chi connectivity index (χ1n) is 7.11. The van der Waals surface area contributed by atoms with Crippen LogP contribution in [0.25, 0.3) is 10.2 Å². The van der Waals surface area contributed by atoms with Crippen molar-refractivity contribution >= 4 is 27.5 Å². The molecule has 0 aliphatic heterocycles. The van der Waals surface area contributed by atoms with E-state index in [1.807, 2.05) is 28.8 Å². The lowest BCUT2D eigenvalue weighted by atomic mass is 10.2. The van der Waals surface area contributed by atoms with Crippen LogP contribution in [0.3, 0.4) is 0 Å². The molecule has 0 atom stereocenters. The van der Waals surface area contributed by atoms with Gasteiger partial charge in [0.15, 0.2) is 4.80 Å². The third-order valence-electron chi connectivity index (χ3n) is 3.41. The number of benzene rings is 2. The fourth-order valence-corrected chi connectivity index (χ4v) is 3.34. The van der Waals surface area contributed by atoms with Crippen molar-refractivity contribution in [3.63, 3.8) is 0 Å². The summed E-state index contributed by atoms with van der Waals surface area (Å²) < 4.78 is 21.8. The number of ether oxygens (including phenoxy) is 1. The van der Waals surface area contributed by atoms with Gasteiger partial charge in [0, 0.05) is 13.7 Å². The number of hydrogen-bond donors (Lipinski definition) is 0. The number of thiazole rings is 1. The highest BCUT2D eigenvalue weighted by Gasteiger charge is 2.12. The van der Waals surface area contributed by atoms with E-state index in [-0.39, 0.29) is 5.56 Å². The van der Waals surface area contributed by atoms with Gasteiger partial charge in [-0.05, 0) is 24.3 Å². The molecule has 118 valence electrons. The Morgan fingerprint density at radius 3 is 2.74 bits per heavy atom. The van der Waals surface area contributed by atoms with E-state index in [4.69, 9.17) is 4.74 Å². The molecule has 1 aromatic heterocycles. The Morgan fingerprint density at radius 1 is 1.22 bits per heavy atom. The minimum atomic E-state index is -0.583. The zero-order chi connectivity index (χ0) is 16.2. The van der Waals surface area contributed by atoms with Crippen LogP contribution < -0.4 is 4.80 Å². The minimum Gasteiger partial charge on any atom is -0.383 e. The van der Waals surface area contributed by atoms with E-state index in [0.29, 0.717) is 18.0 Å². The van der Waals surface area contributed by atoms with Gasteiger partial charge in [-0.2, -0.15) is 4.99 Å². The summed E-state index contributed by atoms with van der Waals surface area (Å²) in [5.74, 6) is -1.15. The lowest BCUT2D eigenvalue weighted by Crippen LogP contribution is -2.19. The molecule has 23 heavy (non-hydrogen) atoms. The van der Waals surface area contributed by atoms with Crippen LogP contribution in [0.4, 0.5) is 4.39 Å². The van der Waals surface area contributed by atoms with Crippen molar-refractivity contribution in [1.29, 1.82) is 0 Å². The molecule has 1 amide bonds. The van der Waals surface area contributed by atoms with Crippen LogP contribution in [0.5, 0.6) is 0 Å². The molecular weight excluding hydrogens is 315 g/mol. The van der Waals surface area contributed by atoms with E-state index in [1.165, 1.54) is 23.5 Å². The highest BCUT2D eigenvalue weighted by atomic mass is 32.1. The van der Waals surface area contributed by atoms with Crippen LogP contribution in [-0.4, -0.2) is 24.2 Å². The molecule has 0 aliphatic carbocycles. The number of carbonyl (C=O) groups excluding carboxylic acids is 1. The van der Waals surface area contributed by atoms with Gasteiger partial charge in [0.05, 0.1) is 22.4 Å². The average Bonchev–Trinajstić information content (AvgIpc) is 2.90. The van der Waals surface area contributed by atoms with E-state index in [0.717, 1.165) is 10.2 Å². The van der Waals surface area contributed by atoms with Crippen molar-refractivity contribution in [3.8, 4) is 0 Å². The van der Waals surface area contributed by atoms with Gasteiger partial charge in [-0.25, -0.2) is 4.39 Å². The maximum atomic E-state index is 13.7. The summed E-state index contributed by atoms with van der Waals surface area (Å²) in [6.45, 7) is 1.08. The summed E-state index contributed by atoms with van der Waals surface area (Å²) in [5.41, 5.74) is 0.956. The Balaban J connectivity index is 2.11. The second-order valence-electron chi connectivity index (χ2n) is 4.89. The molecule has 1 heterocycles. The van der Waals surface area contributed by atoms with E-state index in [1.54, 1.807) is 19.2 Å². The fourth-order valence-electron chi connectivity index (χ4n) is 2.29. The molecule has 2 aromatic carbocycles. The van der Waals surface area contributed by atoms with Gasteiger partial charge in [0.2, 0.25) is 0 Å². The van der Waals surface area contributed by atoms with Crippen molar-refractivity contribution in [2.45, 2.75) is 6.54 Å². The van der Waals surface area contributed by atoms with Gasteiger partial charge in [0.1, 0.15) is 5.82 Å². The number of rotatable bonds is 4. The highest BCUT2D eigenvalue weighted by molar-refractivity contribution is 7.16. The lowest BCUT2D eigenvalue weighted by Gasteiger charge is -2.04. The quantitative estimate of drug-likeness (QED) is 0.737. The van der Waals surface area contributed by atoms with Gasteiger partial charge in [-0.15, -0.1) is 0 Å². The van der Waals surface area contributed by atoms with Crippen LogP contribution >= 0.6 is 11.3 Å². The molecule has 4 nitrogen and oxygen atoms in total. The van der Waals surface area contributed by atoms with Gasteiger partial charge in [-0.3, -0.25) is 4.79 Å². The predicted octanol–water partition coefficient (Wildman–Crippen LogP) is 3.23. The van der Waals surface area contributed by atoms with E-state index >= 15 is 0 Å². The SMILES string of the molecule is COCCn1c(=NC(=O)c2ccccc2F)sc2ccccc21. The average molecular weight is 330 g/mol. The number of methoxy groups -OCH3 is 1. The predicted molar refractivity (Wildman–Crippen MR) is 88.0 cm³/mol. The number of halogens is 1. The molecule has 0 saturated carbocycles. The van der Waals surface area contributed by atoms with Crippen molar-refractivity contribution < 1.29 is 13.9 Å². The summed E-state index contributed by atoms with van der Waals surface area (Å²) in [5, 5.41) is 0. The van der Waals surface area contributed by atoms with Gasteiger partial charge < -0.3 is 9.30 Å². The number of fused-ring (bicyclic) bond motifs is 1. The summed E-state index contributed by atoms with van der Waals surface area (Å²) in [7, 11) is 1.62. The smallest absolute Gasteiger partial charge is 0.282 e. The van der Waals surface area contributed by atoms with Gasteiger partial charge in [-0.1, -0.05) is 35.6 Å². The number of aromatic nitrogens is 1. The molecule has 0 bridgehead atoms. The number of hydrogen-bond acceptors (Lipinski definition) is 3.